The summed E-state index contributed by atoms with van der Waals surface area (Å²) in [4.78, 5) is 2.24. The Kier molecular flexibility index (Phi) is 3.87. The summed E-state index contributed by atoms with van der Waals surface area (Å²) in [7, 11) is 3.94. The van der Waals surface area contributed by atoms with Crippen LogP contribution in [0.4, 0.5) is 13.2 Å². The number of likely N-dealkylation sites (tertiary alicyclic amines) is 1. The van der Waals surface area contributed by atoms with Crippen molar-refractivity contribution in [1.82, 2.24) is 10.2 Å². The zero-order chi connectivity index (χ0) is 14.1. The van der Waals surface area contributed by atoms with Crippen molar-refractivity contribution < 1.29 is 13.2 Å². The summed E-state index contributed by atoms with van der Waals surface area (Å²) >= 11 is 0. The highest BCUT2D eigenvalue weighted by Crippen LogP contribution is 2.35. The van der Waals surface area contributed by atoms with Crippen LogP contribution in [0.2, 0.25) is 0 Å². The lowest BCUT2D eigenvalue weighted by atomic mass is 9.81. The zero-order valence-electron chi connectivity index (χ0n) is 11.2. The molecule has 0 aromatic heterocycles. The summed E-state index contributed by atoms with van der Waals surface area (Å²) in [5.41, 5.74) is 0.155. The summed E-state index contributed by atoms with van der Waals surface area (Å²) in [6, 6.07) is 5.55. The molecule has 1 heterocycles. The van der Waals surface area contributed by atoms with Gasteiger partial charge < -0.3 is 10.2 Å². The largest absolute Gasteiger partial charge is 0.416 e. The average Bonchev–Trinajstić information content (AvgIpc) is 2.39. The highest BCUT2D eigenvalue weighted by Gasteiger charge is 2.35. The molecule has 0 bridgehead atoms. The summed E-state index contributed by atoms with van der Waals surface area (Å²) in [6.45, 7) is 1.89. The molecule has 0 atom stereocenters. The van der Waals surface area contributed by atoms with E-state index in [0.29, 0.717) is 0 Å². The van der Waals surface area contributed by atoms with Crippen molar-refractivity contribution in [3.8, 4) is 0 Å². The van der Waals surface area contributed by atoms with Crippen molar-refractivity contribution in [3.05, 3.63) is 35.4 Å². The molecule has 0 spiro atoms. The number of halogens is 3. The van der Waals surface area contributed by atoms with E-state index < -0.39 is 11.7 Å². The topological polar surface area (TPSA) is 15.3 Å². The number of hydrogen-bond acceptors (Lipinski definition) is 2. The standard InChI is InChI=1S/C14H19F3N2/c1-18-13(7-9-19(2)10-8-13)11-3-5-12(6-4-11)14(15,16)17/h3-6,18H,7-10H2,1-2H3. The predicted molar refractivity (Wildman–Crippen MR) is 68.9 cm³/mol. The van der Waals surface area contributed by atoms with Crippen molar-refractivity contribution >= 4 is 0 Å². The van der Waals surface area contributed by atoms with Crippen LogP contribution in [0.1, 0.15) is 24.0 Å². The monoisotopic (exact) mass is 272 g/mol. The van der Waals surface area contributed by atoms with Crippen molar-refractivity contribution in [1.29, 1.82) is 0 Å². The van der Waals surface area contributed by atoms with Crippen LogP contribution in [-0.2, 0) is 11.7 Å². The molecule has 1 saturated heterocycles. The summed E-state index contributed by atoms with van der Waals surface area (Å²) in [6.07, 6.45) is -2.45. The van der Waals surface area contributed by atoms with E-state index in [-0.39, 0.29) is 5.54 Å². The minimum atomic E-state index is -4.27. The van der Waals surface area contributed by atoms with Gasteiger partial charge in [0, 0.05) is 5.54 Å². The van der Waals surface area contributed by atoms with Gasteiger partial charge >= 0.3 is 6.18 Å². The molecule has 1 aromatic rings. The fourth-order valence-electron chi connectivity index (χ4n) is 2.66. The van der Waals surface area contributed by atoms with Gasteiger partial charge in [0.15, 0.2) is 0 Å². The summed E-state index contributed by atoms with van der Waals surface area (Å²) in [5.74, 6) is 0. The molecule has 1 N–H and O–H groups in total. The Morgan fingerprint density at radius 1 is 1.11 bits per heavy atom. The number of benzene rings is 1. The molecular formula is C14H19F3N2. The lowest BCUT2D eigenvalue weighted by Gasteiger charge is -2.41. The quantitative estimate of drug-likeness (QED) is 0.890. The van der Waals surface area contributed by atoms with Crippen molar-refractivity contribution in [2.45, 2.75) is 24.6 Å². The van der Waals surface area contributed by atoms with Crippen LogP contribution in [0, 0.1) is 0 Å². The maximum Gasteiger partial charge on any atom is 0.416 e. The Morgan fingerprint density at radius 3 is 2.05 bits per heavy atom. The van der Waals surface area contributed by atoms with E-state index in [1.807, 2.05) is 7.05 Å². The normalized spacial score (nSPS) is 20.5. The Bertz CT molecular complexity index is 417. The Hall–Kier alpha value is -1.07. The molecule has 0 amide bonds. The second-order valence-corrected chi connectivity index (χ2v) is 5.21. The van der Waals surface area contributed by atoms with Crippen LogP contribution in [0.3, 0.4) is 0 Å². The first-order valence-electron chi connectivity index (χ1n) is 6.43. The fraction of sp³-hybridized carbons (Fsp3) is 0.571. The third kappa shape index (κ3) is 2.92. The highest BCUT2D eigenvalue weighted by atomic mass is 19.4. The smallest absolute Gasteiger partial charge is 0.310 e. The number of nitrogens with one attached hydrogen (secondary N) is 1. The molecular weight excluding hydrogens is 253 g/mol. The molecule has 2 rings (SSSR count). The average molecular weight is 272 g/mol. The van der Waals surface area contributed by atoms with Crippen molar-refractivity contribution in [2.24, 2.45) is 0 Å². The Morgan fingerprint density at radius 2 is 1.63 bits per heavy atom. The maximum absolute atomic E-state index is 12.6. The molecule has 19 heavy (non-hydrogen) atoms. The Labute approximate surface area is 111 Å². The summed E-state index contributed by atoms with van der Waals surface area (Å²) < 4.78 is 37.7. The third-order valence-electron chi connectivity index (χ3n) is 4.08. The lowest BCUT2D eigenvalue weighted by Crippen LogP contribution is -2.48. The number of nitrogens with zero attached hydrogens (tertiary/aromatic N) is 1. The van der Waals surface area contributed by atoms with Crippen molar-refractivity contribution in [2.75, 3.05) is 27.2 Å². The Balaban J connectivity index is 2.25. The number of hydrogen-bond donors (Lipinski definition) is 1. The van der Waals surface area contributed by atoms with Crippen LogP contribution >= 0.6 is 0 Å². The van der Waals surface area contributed by atoms with E-state index in [4.69, 9.17) is 0 Å². The van der Waals surface area contributed by atoms with Crippen LogP contribution in [0.15, 0.2) is 24.3 Å². The van der Waals surface area contributed by atoms with E-state index in [1.54, 1.807) is 12.1 Å². The molecule has 5 heteroatoms. The van der Waals surface area contributed by atoms with Gasteiger partial charge in [-0.05, 0) is 57.7 Å². The molecule has 1 fully saturated rings. The second-order valence-electron chi connectivity index (χ2n) is 5.21. The van der Waals surface area contributed by atoms with Gasteiger partial charge in [0.2, 0.25) is 0 Å². The molecule has 2 nitrogen and oxygen atoms in total. The van der Waals surface area contributed by atoms with Gasteiger partial charge in [-0.2, -0.15) is 13.2 Å². The van der Waals surface area contributed by atoms with Gasteiger partial charge in [0.1, 0.15) is 0 Å². The van der Waals surface area contributed by atoms with E-state index in [2.05, 4.69) is 17.3 Å². The fourth-order valence-corrected chi connectivity index (χ4v) is 2.66. The van der Waals surface area contributed by atoms with Crippen molar-refractivity contribution in [3.63, 3.8) is 0 Å². The molecule has 0 saturated carbocycles. The number of alkyl halides is 3. The number of piperidine rings is 1. The minimum absolute atomic E-state index is 0.198. The van der Waals surface area contributed by atoms with Gasteiger partial charge in [-0.1, -0.05) is 12.1 Å². The van der Waals surface area contributed by atoms with Crippen LogP contribution in [0.25, 0.3) is 0 Å². The van der Waals surface area contributed by atoms with Gasteiger partial charge in [-0.3, -0.25) is 0 Å². The van der Waals surface area contributed by atoms with E-state index in [1.165, 1.54) is 12.1 Å². The second kappa shape index (κ2) is 5.13. The molecule has 0 radical (unpaired) electrons. The molecule has 1 aromatic carbocycles. The van der Waals surface area contributed by atoms with Crippen LogP contribution < -0.4 is 5.32 Å². The van der Waals surface area contributed by atoms with E-state index in [9.17, 15) is 13.2 Å². The highest BCUT2D eigenvalue weighted by molar-refractivity contribution is 5.30. The molecule has 0 aliphatic carbocycles. The van der Waals surface area contributed by atoms with Crippen LogP contribution in [-0.4, -0.2) is 32.1 Å². The van der Waals surface area contributed by atoms with Gasteiger partial charge in [0.25, 0.3) is 0 Å². The zero-order valence-corrected chi connectivity index (χ0v) is 11.2. The summed E-state index contributed by atoms with van der Waals surface area (Å²) in [5, 5.41) is 3.30. The first-order valence-corrected chi connectivity index (χ1v) is 6.43. The molecule has 1 aliphatic rings. The first-order chi connectivity index (χ1) is 8.87. The lowest BCUT2D eigenvalue weighted by molar-refractivity contribution is -0.137. The molecule has 106 valence electrons. The first kappa shape index (κ1) is 14.3. The van der Waals surface area contributed by atoms with E-state index in [0.717, 1.165) is 31.5 Å². The minimum Gasteiger partial charge on any atom is -0.310 e. The SMILES string of the molecule is CNC1(c2ccc(C(F)(F)F)cc2)CCN(C)CC1. The number of rotatable bonds is 2. The third-order valence-corrected chi connectivity index (χ3v) is 4.08. The molecule has 0 unspecified atom stereocenters. The van der Waals surface area contributed by atoms with Gasteiger partial charge in [0.05, 0.1) is 5.56 Å². The van der Waals surface area contributed by atoms with Crippen LogP contribution in [0.5, 0.6) is 0 Å². The predicted octanol–water partition coefficient (Wildman–Crippen LogP) is 2.85. The van der Waals surface area contributed by atoms with Gasteiger partial charge in [-0.15, -0.1) is 0 Å². The molecule has 1 aliphatic heterocycles. The van der Waals surface area contributed by atoms with E-state index >= 15 is 0 Å². The van der Waals surface area contributed by atoms with Gasteiger partial charge in [-0.25, -0.2) is 0 Å². The maximum atomic E-state index is 12.6.